The number of carbonyl (C=O) groups excluding carboxylic acids is 5. The van der Waals surface area contributed by atoms with Crippen molar-refractivity contribution in [2.45, 2.75) is 6.92 Å². The minimum atomic E-state index is -1.36. The van der Waals surface area contributed by atoms with Crippen LogP contribution in [0.5, 0.6) is 0 Å². The van der Waals surface area contributed by atoms with Crippen LogP contribution in [0.2, 0.25) is 0 Å². The second kappa shape index (κ2) is 24.6. The second-order valence-electron chi connectivity index (χ2n) is 8.17. The first kappa shape index (κ1) is 37.8. The summed E-state index contributed by atoms with van der Waals surface area (Å²) in [6, 6.07) is 0. The molecule has 0 spiro atoms. The molecule has 17 heteroatoms. The molecule has 0 fully saturated rings. The van der Waals surface area contributed by atoms with Gasteiger partial charge in [0.05, 0.1) is 43.8 Å². The number of nitrogens with one attached hydrogen (secondary N) is 2. The molecule has 0 radical (unpaired) electrons. The van der Waals surface area contributed by atoms with Crippen LogP contribution in [0.4, 0.5) is 0 Å². The molecule has 0 rings (SSSR count). The molecule has 0 aromatic carbocycles. The number of carboxylic acids is 2. The number of rotatable bonds is 26. The molecule has 0 heterocycles. The van der Waals surface area contributed by atoms with Gasteiger partial charge in [-0.05, 0) is 14.0 Å². The molecule has 0 aliphatic rings. The number of esters is 1. The summed E-state index contributed by atoms with van der Waals surface area (Å²) in [5.41, 5.74) is 0. The topological polar surface area (TPSA) is 174 Å². The fraction of sp³-hybridized carbons (Fsp3) is 0.773. The van der Waals surface area contributed by atoms with Gasteiger partial charge in [0.15, 0.2) is 0 Å². The summed E-state index contributed by atoms with van der Waals surface area (Å²) in [6.07, 6.45) is 0. The summed E-state index contributed by atoms with van der Waals surface area (Å²) in [4.78, 5) is 62.3. The van der Waals surface area contributed by atoms with E-state index < -0.39 is 31.0 Å². The number of carbonyl (C=O) groups is 5. The van der Waals surface area contributed by atoms with Gasteiger partial charge in [0.2, 0.25) is 5.91 Å². The smallest absolute Gasteiger partial charge is 0.319 e. The van der Waals surface area contributed by atoms with E-state index in [4.69, 9.17) is 0 Å². The van der Waals surface area contributed by atoms with Crippen molar-refractivity contribution in [1.82, 2.24) is 25.3 Å². The molecule has 0 atom stereocenters. The lowest BCUT2D eigenvalue weighted by molar-refractivity contribution is -0.308. The van der Waals surface area contributed by atoms with Gasteiger partial charge in [-0.25, -0.2) is 0 Å². The van der Waals surface area contributed by atoms with Crippen LogP contribution in [0.1, 0.15) is 6.92 Å². The van der Waals surface area contributed by atoms with Crippen molar-refractivity contribution < 1.29 is 38.9 Å². The minimum Gasteiger partial charge on any atom is -0.549 e. The zero-order chi connectivity index (χ0) is 29.5. The van der Waals surface area contributed by atoms with Gasteiger partial charge in [-0.2, -0.15) is 0 Å². The molecule has 0 aromatic rings. The summed E-state index contributed by atoms with van der Waals surface area (Å²) >= 11 is 0. The standard InChI is InChI=1S/C22H41N5O8S4/c1-18(28)12-26(16-22(34)35-3)8-6-25(14-20(30)31)7-9-27(15-21(32)33)13-19(29)24-5-11-37-39-17-38-36-10-4-23-2/h23H,4-17H2,1-3H3,(H,24,29)(H,30,31)(H,32,33)/p-2. The molecule has 1 amide bonds. The van der Waals surface area contributed by atoms with Crippen molar-refractivity contribution in [1.29, 1.82) is 0 Å². The van der Waals surface area contributed by atoms with Gasteiger partial charge in [-0.3, -0.25) is 29.1 Å². The number of aliphatic carboxylic acids is 2. The van der Waals surface area contributed by atoms with Gasteiger partial charge in [0, 0.05) is 63.9 Å². The summed E-state index contributed by atoms with van der Waals surface area (Å²) in [7, 11) is 10.0. The number of hydrogen-bond donors (Lipinski definition) is 2. The third-order valence-electron chi connectivity index (χ3n) is 4.77. The normalized spacial score (nSPS) is 11.2. The fourth-order valence-corrected chi connectivity index (χ4v) is 8.29. The van der Waals surface area contributed by atoms with Gasteiger partial charge in [0.25, 0.3) is 0 Å². The zero-order valence-electron chi connectivity index (χ0n) is 22.6. The van der Waals surface area contributed by atoms with Crippen LogP contribution in [0.25, 0.3) is 0 Å². The van der Waals surface area contributed by atoms with Crippen LogP contribution >= 0.6 is 43.2 Å². The molecule has 13 nitrogen and oxygen atoms in total. The Balaban J connectivity index is 4.66. The number of ketones is 1. The molecule has 0 unspecified atom stereocenters. The Kier molecular flexibility index (Phi) is 23.8. The Morgan fingerprint density at radius 3 is 1.74 bits per heavy atom. The van der Waals surface area contributed by atoms with Crippen molar-refractivity contribution >= 4 is 72.8 Å². The highest BCUT2D eigenvalue weighted by atomic mass is 33.1. The highest BCUT2D eigenvalue weighted by Gasteiger charge is 2.17. The van der Waals surface area contributed by atoms with E-state index in [0.29, 0.717) is 12.3 Å². The number of methoxy groups -OCH3 is 1. The van der Waals surface area contributed by atoms with E-state index in [1.807, 2.05) is 7.05 Å². The second-order valence-corrected chi connectivity index (χ2v) is 13.7. The zero-order valence-corrected chi connectivity index (χ0v) is 25.9. The van der Waals surface area contributed by atoms with Crippen LogP contribution < -0.4 is 20.8 Å². The molecule has 39 heavy (non-hydrogen) atoms. The minimum absolute atomic E-state index is 0.0174. The number of amides is 1. The van der Waals surface area contributed by atoms with E-state index in [1.165, 1.54) is 28.7 Å². The molecular formula is C22H39N5O8S4-2. The number of ether oxygens (including phenoxy) is 1. The lowest BCUT2D eigenvalue weighted by Gasteiger charge is -2.29. The predicted molar refractivity (Wildman–Crippen MR) is 154 cm³/mol. The Labute approximate surface area is 246 Å². The predicted octanol–water partition coefficient (Wildman–Crippen LogP) is -2.79. The SMILES string of the molecule is CNCCSSCSSCCNC(=O)CN(CCN(CCN(CC(C)=O)CC(=O)OC)CC(=O)[O-])CC(=O)[O-]. The molecule has 0 saturated carbocycles. The summed E-state index contributed by atoms with van der Waals surface area (Å²) < 4.78 is 4.63. The monoisotopic (exact) mass is 629 g/mol. The highest BCUT2D eigenvalue weighted by molar-refractivity contribution is 8.85. The van der Waals surface area contributed by atoms with Crippen molar-refractivity contribution in [3.05, 3.63) is 0 Å². The Morgan fingerprint density at radius 2 is 1.23 bits per heavy atom. The van der Waals surface area contributed by atoms with Gasteiger partial charge in [0.1, 0.15) is 5.78 Å². The molecule has 0 aliphatic heterocycles. The number of hydrogen-bond acceptors (Lipinski definition) is 16. The lowest BCUT2D eigenvalue weighted by Crippen LogP contribution is -2.49. The maximum atomic E-state index is 12.3. The van der Waals surface area contributed by atoms with Crippen molar-refractivity contribution in [3.8, 4) is 0 Å². The van der Waals surface area contributed by atoms with Gasteiger partial charge >= 0.3 is 5.97 Å². The highest BCUT2D eigenvalue weighted by Crippen LogP contribution is 2.31. The third-order valence-corrected chi connectivity index (χ3v) is 10.3. The summed E-state index contributed by atoms with van der Waals surface area (Å²) in [6.45, 7) is 1.99. The average molecular weight is 630 g/mol. The maximum Gasteiger partial charge on any atom is 0.319 e. The Hall–Kier alpha value is -1.21. The van der Waals surface area contributed by atoms with Crippen molar-refractivity contribution in [2.24, 2.45) is 0 Å². The molecule has 0 saturated heterocycles. The summed E-state index contributed by atoms with van der Waals surface area (Å²) in [5, 5.41) is 29.2. The van der Waals surface area contributed by atoms with Gasteiger partial charge < -0.3 is 35.2 Å². The number of nitrogens with zero attached hydrogens (tertiary/aromatic N) is 3. The van der Waals surface area contributed by atoms with E-state index in [9.17, 15) is 34.2 Å². The maximum absolute atomic E-state index is 12.3. The first-order valence-electron chi connectivity index (χ1n) is 12.1. The van der Waals surface area contributed by atoms with Crippen LogP contribution in [-0.4, -0.2) is 147 Å². The van der Waals surface area contributed by atoms with Crippen LogP contribution in [0, 0.1) is 0 Å². The largest absolute Gasteiger partial charge is 0.549 e. The Bertz CT molecular complexity index is 753. The molecule has 0 bridgehead atoms. The number of carboxylic acid groups (broad SMARTS) is 2. The Morgan fingerprint density at radius 1 is 0.718 bits per heavy atom. The molecule has 0 aromatic heterocycles. The van der Waals surface area contributed by atoms with Gasteiger partial charge in [-0.1, -0.05) is 43.2 Å². The third kappa shape index (κ3) is 24.3. The van der Waals surface area contributed by atoms with Crippen LogP contribution in [0.15, 0.2) is 0 Å². The van der Waals surface area contributed by atoms with Crippen LogP contribution in [-0.2, 0) is 28.7 Å². The van der Waals surface area contributed by atoms with Crippen LogP contribution in [0.3, 0.4) is 0 Å². The average Bonchev–Trinajstić information content (AvgIpc) is 2.85. The van der Waals surface area contributed by atoms with E-state index in [0.717, 1.165) is 17.4 Å². The van der Waals surface area contributed by atoms with E-state index >= 15 is 0 Å². The van der Waals surface area contributed by atoms with E-state index in [1.54, 1.807) is 43.2 Å². The van der Waals surface area contributed by atoms with Gasteiger partial charge in [-0.15, -0.1) is 0 Å². The van der Waals surface area contributed by atoms with Crippen molar-refractivity contribution in [3.63, 3.8) is 0 Å². The number of Topliss-reactive ketones (excluding diaryl/α,β-unsaturated/α-hetero) is 1. The molecule has 226 valence electrons. The quantitative estimate of drug-likeness (QED) is 0.0434. The molecule has 0 aliphatic carbocycles. The van der Waals surface area contributed by atoms with Crippen molar-refractivity contribution in [2.75, 3.05) is 103 Å². The lowest BCUT2D eigenvalue weighted by atomic mass is 10.3. The summed E-state index contributed by atoms with van der Waals surface area (Å²) in [5.74, 6) is -2.04. The van der Waals surface area contributed by atoms with E-state index in [-0.39, 0.29) is 57.5 Å². The van der Waals surface area contributed by atoms with E-state index in [2.05, 4.69) is 15.4 Å². The first-order valence-corrected chi connectivity index (χ1v) is 17.1. The molecule has 2 N–H and O–H groups in total. The first-order chi connectivity index (χ1) is 18.6. The molecular weight excluding hydrogens is 591 g/mol. The fourth-order valence-electron chi connectivity index (χ4n) is 3.03.